The standard InChI is InChI=1S/C25H31NO2/c1-5-13-23(28-24(27)6-2)25(20(3)4)26(18-21-14-9-7-10-15-21)19-22-16-11-8-12-17-22/h5-12,14-17,20,23,25H,1-2,13,18-19H2,3-4H3/t23?,25-/m0/s1. The number of carbonyl (C=O) groups excluding carboxylic acids is 1. The normalized spacial score (nSPS) is 13.1. The van der Waals surface area contributed by atoms with Crippen molar-refractivity contribution in [1.29, 1.82) is 0 Å². The van der Waals surface area contributed by atoms with Crippen molar-refractivity contribution in [3.63, 3.8) is 0 Å². The van der Waals surface area contributed by atoms with Crippen molar-refractivity contribution in [2.24, 2.45) is 5.92 Å². The van der Waals surface area contributed by atoms with Crippen molar-refractivity contribution >= 4 is 5.97 Å². The Labute approximate surface area is 169 Å². The summed E-state index contributed by atoms with van der Waals surface area (Å²) in [5, 5.41) is 0. The summed E-state index contributed by atoms with van der Waals surface area (Å²) in [6.07, 6.45) is 3.37. The van der Waals surface area contributed by atoms with Crippen LogP contribution in [0.1, 0.15) is 31.4 Å². The first-order valence-corrected chi connectivity index (χ1v) is 9.81. The number of rotatable bonds is 11. The molecule has 0 fully saturated rings. The molecule has 0 spiro atoms. The SMILES string of the molecule is C=CCC(OC(=O)C=C)[C@H](C(C)C)N(Cc1ccccc1)Cc1ccccc1. The molecule has 0 radical (unpaired) electrons. The highest BCUT2D eigenvalue weighted by molar-refractivity contribution is 5.81. The lowest BCUT2D eigenvalue weighted by Gasteiger charge is -2.39. The quantitative estimate of drug-likeness (QED) is 0.299. The summed E-state index contributed by atoms with van der Waals surface area (Å²) in [4.78, 5) is 14.4. The molecule has 0 aliphatic heterocycles. The highest BCUT2D eigenvalue weighted by Crippen LogP contribution is 2.25. The summed E-state index contributed by atoms with van der Waals surface area (Å²) in [5.74, 6) is -0.105. The van der Waals surface area contributed by atoms with Crippen LogP contribution in [0.15, 0.2) is 86.0 Å². The average Bonchev–Trinajstić information content (AvgIpc) is 2.69. The van der Waals surface area contributed by atoms with Gasteiger partial charge in [-0.15, -0.1) is 6.58 Å². The van der Waals surface area contributed by atoms with Crippen LogP contribution in [0.4, 0.5) is 0 Å². The summed E-state index contributed by atoms with van der Waals surface area (Å²) in [5.41, 5.74) is 2.47. The molecule has 0 aliphatic carbocycles. The topological polar surface area (TPSA) is 29.5 Å². The van der Waals surface area contributed by atoms with Gasteiger partial charge >= 0.3 is 5.97 Å². The predicted octanol–water partition coefficient (Wildman–Crippen LogP) is 5.39. The van der Waals surface area contributed by atoms with E-state index in [4.69, 9.17) is 4.74 Å². The van der Waals surface area contributed by atoms with Gasteiger partial charge in [-0.3, -0.25) is 4.90 Å². The minimum Gasteiger partial charge on any atom is -0.457 e. The molecule has 0 heterocycles. The maximum absolute atomic E-state index is 12.0. The first kappa shape index (κ1) is 21.6. The number of esters is 1. The first-order valence-electron chi connectivity index (χ1n) is 9.81. The summed E-state index contributed by atoms with van der Waals surface area (Å²) in [7, 11) is 0. The summed E-state index contributed by atoms with van der Waals surface area (Å²) >= 11 is 0. The van der Waals surface area contributed by atoms with E-state index in [1.807, 2.05) is 18.2 Å². The lowest BCUT2D eigenvalue weighted by atomic mass is 9.93. The first-order chi connectivity index (χ1) is 13.5. The van der Waals surface area contributed by atoms with Crippen LogP contribution in [0.2, 0.25) is 0 Å². The van der Waals surface area contributed by atoms with Crippen LogP contribution in [0.25, 0.3) is 0 Å². The monoisotopic (exact) mass is 377 g/mol. The van der Waals surface area contributed by atoms with Crippen LogP contribution in [-0.4, -0.2) is 23.0 Å². The highest BCUT2D eigenvalue weighted by Gasteiger charge is 2.32. The second kappa shape index (κ2) is 11.3. The molecule has 0 aliphatic rings. The van der Waals surface area contributed by atoms with Crippen molar-refractivity contribution in [3.05, 3.63) is 97.1 Å². The van der Waals surface area contributed by atoms with Gasteiger partial charge in [-0.05, 0) is 17.0 Å². The third-order valence-electron chi connectivity index (χ3n) is 4.78. The Kier molecular flexibility index (Phi) is 8.70. The summed E-state index contributed by atoms with van der Waals surface area (Å²) < 4.78 is 5.75. The Bertz CT molecular complexity index is 698. The molecule has 0 saturated carbocycles. The van der Waals surface area contributed by atoms with E-state index in [2.05, 4.69) is 80.4 Å². The number of benzene rings is 2. The number of nitrogens with zero attached hydrogens (tertiary/aromatic N) is 1. The fourth-order valence-corrected chi connectivity index (χ4v) is 3.61. The van der Waals surface area contributed by atoms with Crippen molar-refractivity contribution < 1.29 is 9.53 Å². The van der Waals surface area contributed by atoms with Crippen molar-refractivity contribution in [1.82, 2.24) is 4.90 Å². The Morgan fingerprint density at radius 2 is 1.46 bits per heavy atom. The van der Waals surface area contributed by atoms with E-state index in [0.29, 0.717) is 6.42 Å². The fourth-order valence-electron chi connectivity index (χ4n) is 3.61. The molecular formula is C25H31NO2. The van der Waals surface area contributed by atoms with E-state index in [0.717, 1.165) is 13.1 Å². The van der Waals surface area contributed by atoms with Crippen LogP contribution in [0, 0.1) is 5.92 Å². The minimum absolute atomic E-state index is 0.0438. The van der Waals surface area contributed by atoms with Crippen molar-refractivity contribution in [3.8, 4) is 0 Å². The van der Waals surface area contributed by atoms with E-state index in [1.54, 1.807) is 0 Å². The molecule has 0 amide bonds. The van der Waals surface area contributed by atoms with Crippen molar-refractivity contribution in [2.75, 3.05) is 0 Å². The zero-order valence-corrected chi connectivity index (χ0v) is 17.0. The Hall–Kier alpha value is -2.65. The molecular weight excluding hydrogens is 346 g/mol. The van der Waals surface area contributed by atoms with Gasteiger partial charge < -0.3 is 4.74 Å². The van der Waals surface area contributed by atoms with Gasteiger partial charge in [-0.2, -0.15) is 0 Å². The van der Waals surface area contributed by atoms with Crippen molar-refractivity contribution in [2.45, 2.75) is 45.5 Å². The second-order valence-corrected chi connectivity index (χ2v) is 7.31. The zero-order chi connectivity index (χ0) is 20.4. The molecule has 2 atom stereocenters. The largest absolute Gasteiger partial charge is 0.457 e. The van der Waals surface area contributed by atoms with Crippen LogP contribution < -0.4 is 0 Å². The van der Waals surface area contributed by atoms with Gasteiger partial charge in [0.2, 0.25) is 0 Å². The van der Waals surface area contributed by atoms with Gasteiger partial charge in [-0.1, -0.05) is 87.2 Å². The van der Waals surface area contributed by atoms with E-state index >= 15 is 0 Å². The molecule has 1 unspecified atom stereocenters. The Morgan fingerprint density at radius 1 is 0.964 bits per heavy atom. The summed E-state index contributed by atoms with van der Waals surface area (Å²) in [6.45, 7) is 13.3. The second-order valence-electron chi connectivity index (χ2n) is 7.31. The fraction of sp³-hybridized carbons (Fsp3) is 0.320. The lowest BCUT2D eigenvalue weighted by molar-refractivity contribution is -0.148. The van der Waals surface area contributed by atoms with Crippen LogP contribution in [0.3, 0.4) is 0 Å². The Morgan fingerprint density at radius 3 is 1.86 bits per heavy atom. The maximum Gasteiger partial charge on any atom is 0.330 e. The molecule has 3 nitrogen and oxygen atoms in total. The average molecular weight is 378 g/mol. The van der Waals surface area contributed by atoms with Crippen LogP contribution in [0.5, 0.6) is 0 Å². The molecule has 0 N–H and O–H groups in total. The van der Waals surface area contributed by atoms with E-state index in [1.165, 1.54) is 17.2 Å². The van der Waals surface area contributed by atoms with E-state index in [-0.39, 0.29) is 18.1 Å². The number of ether oxygens (including phenoxy) is 1. The molecule has 0 aromatic heterocycles. The highest BCUT2D eigenvalue weighted by atomic mass is 16.5. The zero-order valence-electron chi connectivity index (χ0n) is 17.0. The summed E-state index contributed by atoms with van der Waals surface area (Å²) in [6, 6.07) is 20.8. The van der Waals surface area contributed by atoms with Crippen LogP contribution >= 0.6 is 0 Å². The number of hydrogen-bond acceptors (Lipinski definition) is 3. The van der Waals surface area contributed by atoms with Crippen LogP contribution in [-0.2, 0) is 22.6 Å². The lowest BCUT2D eigenvalue weighted by Crippen LogP contribution is -2.47. The Balaban J connectivity index is 2.36. The van der Waals surface area contributed by atoms with Gasteiger partial charge in [0.25, 0.3) is 0 Å². The van der Waals surface area contributed by atoms with Gasteiger partial charge in [0.05, 0.1) is 0 Å². The molecule has 148 valence electrons. The van der Waals surface area contributed by atoms with E-state index < -0.39 is 5.97 Å². The van der Waals surface area contributed by atoms with Gasteiger partial charge in [-0.25, -0.2) is 4.79 Å². The smallest absolute Gasteiger partial charge is 0.330 e. The molecule has 2 aromatic carbocycles. The minimum atomic E-state index is -0.392. The third-order valence-corrected chi connectivity index (χ3v) is 4.78. The van der Waals surface area contributed by atoms with E-state index in [9.17, 15) is 4.79 Å². The van der Waals surface area contributed by atoms with Gasteiger partial charge in [0.15, 0.2) is 0 Å². The maximum atomic E-state index is 12.0. The molecule has 2 aromatic rings. The molecule has 0 saturated heterocycles. The molecule has 0 bridgehead atoms. The predicted molar refractivity (Wildman–Crippen MR) is 116 cm³/mol. The molecule has 28 heavy (non-hydrogen) atoms. The molecule has 3 heteroatoms. The molecule has 2 rings (SSSR count). The van der Waals surface area contributed by atoms with Gasteiger partial charge in [0, 0.05) is 31.6 Å². The number of carbonyl (C=O) groups is 1. The van der Waals surface area contributed by atoms with Gasteiger partial charge in [0.1, 0.15) is 6.10 Å². The third kappa shape index (κ3) is 6.50. The number of hydrogen-bond donors (Lipinski definition) is 0.